The van der Waals surface area contributed by atoms with E-state index < -0.39 is 16.0 Å². The van der Waals surface area contributed by atoms with Crippen molar-refractivity contribution in [3.63, 3.8) is 0 Å². The minimum absolute atomic E-state index is 0.0825. The second kappa shape index (κ2) is 9.44. The Morgan fingerprint density at radius 3 is 2.63 bits per heavy atom. The highest BCUT2D eigenvalue weighted by molar-refractivity contribution is 9.10. The molecule has 0 aliphatic heterocycles. The Labute approximate surface area is 183 Å². The molecular formula is C21H21BrN2O5S. The van der Waals surface area contributed by atoms with Crippen LogP contribution in [0.15, 0.2) is 58.4 Å². The van der Waals surface area contributed by atoms with E-state index in [1.54, 1.807) is 24.3 Å². The Bertz CT molecular complexity index is 1180. The van der Waals surface area contributed by atoms with Gasteiger partial charge in [0.25, 0.3) is 10.0 Å². The van der Waals surface area contributed by atoms with Crippen LogP contribution >= 0.6 is 15.9 Å². The van der Waals surface area contributed by atoms with Gasteiger partial charge in [-0.05, 0) is 42.8 Å². The van der Waals surface area contributed by atoms with E-state index in [0.717, 1.165) is 21.3 Å². The van der Waals surface area contributed by atoms with Crippen molar-refractivity contribution in [1.29, 1.82) is 0 Å². The number of unbranched alkanes of at least 4 members (excludes halogenated alkanes) is 1. The largest absolute Gasteiger partial charge is 0.501 e. The first kappa shape index (κ1) is 22.0. The van der Waals surface area contributed by atoms with E-state index in [-0.39, 0.29) is 10.6 Å². The number of benzene rings is 1. The molecule has 0 N–H and O–H groups in total. The fourth-order valence-electron chi connectivity index (χ4n) is 2.87. The van der Waals surface area contributed by atoms with Crippen molar-refractivity contribution in [1.82, 2.24) is 8.96 Å². The van der Waals surface area contributed by atoms with Gasteiger partial charge in [0.15, 0.2) is 5.69 Å². The number of ether oxygens (including phenoxy) is 2. The molecule has 3 aromatic rings. The third kappa shape index (κ3) is 4.41. The number of nitrogens with zero attached hydrogens (tertiary/aromatic N) is 2. The van der Waals surface area contributed by atoms with Crippen LogP contribution in [0, 0.1) is 0 Å². The van der Waals surface area contributed by atoms with Crippen molar-refractivity contribution in [3.05, 3.63) is 64.7 Å². The molecule has 1 aromatic carbocycles. The topological polar surface area (TPSA) is 87.5 Å². The fraction of sp³-hybridized carbons (Fsp3) is 0.238. The van der Waals surface area contributed by atoms with Crippen LogP contribution in [0.2, 0.25) is 0 Å². The molecule has 0 saturated carbocycles. The molecule has 3 rings (SSSR count). The van der Waals surface area contributed by atoms with E-state index >= 15 is 0 Å². The average molecular weight is 493 g/mol. The standard InChI is InChI=1S/C21H21BrN2O5S/c1-3-4-12-29-13-10-18-17-9-11-24(19(17)14-23-20(18)21(25)28-2)30(26,27)16-7-5-15(22)6-8-16/h5-11,13-14H,3-4,12H2,1-2H3. The molecule has 0 aliphatic carbocycles. The van der Waals surface area contributed by atoms with Crippen molar-refractivity contribution in [3.8, 4) is 0 Å². The van der Waals surface area contributed by atoms with Crippen molar-refractivity contribution in [2.24, 2.45) is 0 Å². The zero-order valence-electron chi connectivity index (χ0n) is 16.5. The molecule has 0 atom stereocenters. The summed E-state index contributed by atoms with van der Waals surface area (Å²) >= 11 is 3.30. The van der Waals surface area contributed by atoms with E-state index in [1.165, 1.54) is 37.9 Å². The van der Waals surface area contributed by atoms with Gasteiger partial charge in [0, 0.05) is 21.6 Å². The maximum Gasteiger partial charge on any atom is 0.357 e. The van der Waals surface area contributed by atoms with Gasteiger partial charge >= 0.3 is 5.97 Å². The molecule has 158 valence electrons. The first-order chi connectivity index (χ1) is 14.4. The highest BCUT2D eigenvalue weighted by Gasteiger charge is 2.22. The van der Waals surface area contributed by atoms with Gasteiger partial charge < -0.3 is 9.47 Å². The number of rotatable bonds is 8. The molecule has 0 fully saturated rings. The molecule has 0 aliphatic rings. The van der Waals surface area contributed by atoms with Crippen LogP contribution in [-0.2, 0) is 19.5 Å². The lowest BCUT2D eigenvalue weighted by atomic mass is 10.1. The summed E-state index contributed by atoms with van der Waals surface area (Å²) in [6, 6.07) is 7.99. The van der Waals surface area contributed by atoms with E-state index in [0.29, 0.717) is 23.1 Å². The van der Waals surface area contributed by atoms with Crippen LogP contribution in [0.5, 0.6) is 0 Å². The quantitative estimate of drug-likeness (QED) is 0.259. The third-order valence-electron chi connectivity index (χ3n) is 4.45. The molecule has 9 heteroatoms. The van der Waals surface area contributed by atoms with Crippen molar-refractivity contribution >= 4 is 48.9 Å². The van der Waals surface area contributed by atoms with Crippen LogP contribution in [-0.4, -0.2) is 37.1 Å². The summed E-state index contributed by atoms with van der Waals surface area (Å²) in [6.07, 6.45) is 7.79. The maximum absolute atomic E-state index is 13.1. The zero-order valence-corrected chi connectivity index (χ0v) is 18.9. The van der Waals surface area contributed by atoms with E-state index in [9.17, 15) is 13.2 Å². The van der Waals surface area contributed by atoms with Crippen LogP contribution in [0.25, 0.3) is 17.0 Å². The Balaban J connectivity index is 2.11. The lowest BCUT2D eigenvalue weighted by molar-refractivity contribution is 0.0594. The molecule has 2 heterocycles. The highest BCUT2D eigenvalue weighted by atomic mass is 79.9. The van der Waals surface area contributed by atoms with Gasteiger partial charge in [-0.3, -0.25) is 0 Å². The Morgan fingerprint density at radius 2 is 1.97 bits per heavy atom. The van der Waals surface area contributed by atoms with Crippen LogP contribution in [0.4, 0.5) is 0 Å². The van der Waals surface area contributed by atoms with Crippen LogP contribution < -0.4 is 0 Å². The van der Waals surface area contributed by atoms with Gasteiger partial charge in [-0.2, -0.15) is 0 Å². The van der Waals surface area contributed by atoms with Gasteiger partial charge in [-0.1, -0.05) is 29.3 Å². The molecule has 0 radical (unpaired) electrons. The first-order valence-corrected chi connectivity index (χ1v) is 11.5. The molecule has 0 amide bonds. The Hall–Kier alpha value is -2.65. The number of esters is 1. The van der Waals surface area contributed by atoms with Crippen LogP contribution in [0.3, 0.4) is 0 Å². The van der Waals surface area contributed by atoms with Crippen LogP contribution in [0.1, 0.15) is 35.8 Å². The summed E-state index contributed by atoms with van der Waals surface area (Å²) < 4.78 is 38.5. The summed E-state index contributed by atoms with van der Waals surface area (Å²) in [5.74, 6) is -0.617. The SMILES string of the molecule is CCCCOC=Cc1c(C(=O)OC)ncc2c1ccn2S(=O)(=O)c1ccc(Br)cc1. The lowest BCUT2D eigenvalue weighted by Gasteiger charge is -2.09. The molecule has 0 bridgehead atoms. The van der Waals surface area contributed by atoms with Crippen molar-refractivity contribution < 1.29 is 22.7 Å². The molecule has 0 saturated heterocycles. The van der Waals surface area contributed by atoms with E-state index in [1.807, 2.05) is 0 Å². The number of aromatic nitrogens is 2. The van der Waals surface area contributed by atoms with Gasteiger partial charge in [0.1, 0.15) is 0 Å². The minimum Gasteiger partial charge on any atom is -0.501 e. The smallest absolute Gasteiger partial charge is 0.357 e. The van der Waals surface area contributed by atoms with Gasteiger partial charge in [0.2, 0.25) is 0 Å². The highest BCUT2D eigenvalue weighted by Crippen LogP contribution is 2.28. The number of fused-ring (bicyclic) bond motifs is 1. The molecule has 2 aromatic heterocycles. The number of carbonyl (C=O) groups is 1. The minimum atomic E-state index is -3.84. The van der Waals surface area contributed by atoms with Crippen molar-refractivity contribution in [2.45, 2.75) is 24.7 Å². The van der Waals surface area contributed by atoms with Gasteiger partial charge in [-0.15, -0.1) is 0 Å². The second-order valence-electron chi connectivity index (χ2n) is 6.41. The maximum atomic E-state index is 13.1. The zero-order chi connectivity index (χ0) is 21.7. The third-order valence-corrected chi connectivity index (χ3v) is 6.68. The monoisotopic (exact) mass is 492 g/mol. The predicted octanol–water partition coefficient (Wildman–Crippen LogP) is 4.61. The number of pyridine rings is 1. The fourth-order valence-corrected chi connectivity index (χ4v) is 4.47. The summed E-state index contributed by atoms with van der Waals surface area (Å²) in [5, 5.41) is 0.543. The summed E-state index contributed by atoms with van der Waals surface area (Å²) in [6.45, 7) is 2.60. The lowest BCUT2D eigenvalue weighted by Crippen LogP contribution is -2.13. The summed E-state index contributed by atoms with van der Waals surface area (Å²) in [5.41, 5.74) is 0.860. The Kier molecular flexibility index (Phi) is 6.94. The predicted molar refractivity (Wildman–Crippen MR) is 118 cm³/mol. The summed E-state index contributed by atoms with van der Waals surface area (Å²) in [7, 11) is -2.58. The molecule has 0 unspecified atom stereocenters. The van der Waals surface area contributed by atoms with E-state index in [4.69, 9.17) is 9.47 Å². The average Bonchev–Trinajstić information content (AvgIpc) is 3.18. The molecule has 0 spiro atoms. The number of halogens is 1. The summed E-state index contributed by atoms with van der Waals surface area (Å²) in [4.78, 5) is 16.5. The second-order valence-corrected chi connectivity index (χ2v) is 9.14. The molecule has 7 nitrogen and oxygen atoms in total. The number of methoxy groups -OCH3 is 1. The molecular weight excluding hydrogens is 472 g/mol. The normalized spacial score (nSPS) is 11.8. The van der Waals surface area contributed by atoms with Gasteiger partial charge in [-0.25, -0.2) is 22.2 Å². The van der Waals surface area contributed by atoms with Crippen molar-refractivity contribution in [2.75, 3.05) is 13.7 Å². The number of carbonyl (C=O) groups excluding carboxylic acids is 1. The Morgan fingerprint density at radius 1 is 1.23 bits per heavy atom. The molecule has 30 heavy (non-hydrogen) atoms. The van der Waals surface area contributed by atoms with Gasteiger partial charge in [0.05, 0.1) is 36.6 Å². The number of hydrogen-bond donors (Lipinski definition) is 0. The first-order valence-electron chi connectivity index (χ1n) is 9.27. The number of hydrogen-bond acceptors (Lipinski definition) is 6. The van der Waals surface area contributed by atoms with E-state index in [2.05, 4.69) is 27.8 Å².